The molecule has 1 aliphatic rings. The Kier molecular flexibility index (Phi) is 7.37. The van der Waals surface area contributed by atoms with Gasteiger partial charge in [0.1, 0.15) is 6.04 Å². The first kappa shape index (κ1) is 24.5. The summed E-state index contributed by atoms with van der Waals surface area (Å²) in [4.78, 5) is 34.1. The number of amides is 3. The third-order valence-electron chi connectivity index (χ3n) is 5.35. The van der Waals surface area contributed by atoms with Crippen molar-refractivity contribution in [3.63, 3.8) is 0 Å². The summed E-state index contributed by atoms with van der Waals surface area (Å²) in [6.45, 7) is 7.79. The molecule has 1 atom stereocenters. The highest BCUT2D eigenvalue weighted by molar-refractivity contribution is 6.08. The molecule has 0 aliphatic carbocycles. The van der Waals surface area contributed by atoms with E-state index in [1.54, 1.807) is 29.3 Å². The molecule has 3 N–H and O–H groups in total. The van der Waals surface area contributed by atoms with Crippen LogP contribution in [-0.2, 0) is 6.54 Å². The fourth-order valence-corrected chi connectivity index (χ4v) is 3.77. The summed E-state index contributed by atoms with van der Waals surface area (Å²) in [6, 6.07) is 13.8. The Morgan fingerprint density at radius 2 is 1.97 bits per heavy atom. The highest BCUT2D eigenvalue weighted by Crippen LogP contribution is 2.30. The quantitative estimate of drug-likeness (QED) is 0.676. The van der Waals surface area contributed by atoms with E-state index >= 15 is 0 Å². The van der Waals surface area contributed by atoms with E-state index in [-0.39, 0.29) is 25.0 Å². The molecule has 0 unspecified atom stereocenters. The van der Waals surface area contributed by atoms with Gasteiger partial charge in [-0.3, -0.25) is 9.79 Å². The van der Waals surface area contributed by atoms with Crippen molar-refractivity contribution in [2.75, 3.05) is 11.4 Å². The van der Waals surface area contributed by atoms with Crippen molar-refractivity contribution < 1.29 is 9.59 Å². The Morgan fingerprint density at radius 3 is 2.62 bits per heavy atom. The molecule has 1 heterocycles. The van der Waals surface area contributed by atoms with E-state index < -0.39 is 11.6 Å². The topological polar surface area (TPSA) is 115 Å². The van der Waals surface area contributed by atoms with Crippen LogP contribution in [0, 0.1) is 18.3 Å². The van der Waals surface area contributed by atoms with Crippen LogP contribution in [0.4, 0.5) is 16.2 Å². The zero-order valence-corrected chi connectivity index (χ0v) is 19.9. The summed E-state index contributed by atoms with van der Waals surface area (Å²) in [6.07, 6.45) is 4.59. The number of rotatable bonds is 3. The fraction of sp³-hybridized carbons (Fsp3) is 0.308. The monoisotopic (exact) mass is 458 g/mol. The van der Waals surface area contributed by atoms with Crippen molar-refractivity contribution >= 4 is 29.5 Å². The van der Waals surface area contributed by atoms with E-state index in [1.165, 1.54) is 11.1 Å². The molecule has 3 rings (SSSR count). The molecule has 2 aromatic rings. The molecule has 1 aliphatic heterocycles. The van der Waals surface area contributed by atoms with Crippen molar-refractivity contribution in [1.29, 1.82) is 5.26 Å². The van der Waals surface area contributed by atoms with E-state index in [4.69, 9.17) is 5.73 Å². The van der Waals surface area contributed by atoms with Gasteiger partial charge in [-0.25, -0.2) is 4.79 Å². The van der Waals surface area contributed by atoms with Gasteiger partial charge in [0.15, 0.2) is 0 Å². The zero-order chi connectivity index (χ0) is 24.9. The molecule has 0 bridgehead atoms. The number of urea groups is 1. The number of nitriles is 1. The Morgan fingerprint density at radius 1 is 1.24 bits per heavy atom. The van der Waals surface area contributed by atoms with Gasteiger partial charge in [0.25, 0.3) is 5.91 Å². The van der Waals surface area contributed by atoms with Crippen LogP contribution in [0.1, 0.15) is 42.3 Å². The third-order valence-corrected chi connectivity index (χ3v) is 5.35. The minimum absolute atomic E-state index is 0.0601. The summed E-state index contributed by atoms with van der Waals surface area (Å²) in [5.41, 5.74) is 8.32. The van der Waals surface area contributed by atoms with E-state index in [2.05, 4.69) is 16.4 Å². The highest BCUT2D eigenvalue weighted by atomic mass is 16.2. The first-order valence-corrected chi connectivity index (χ1v) is 11.0. The number of nitrogens with zero attached hydrogens (tertiary/aromatic N) is 4. The maximum atomic E-state index is 13.7. The Balaban J connectivity index is 1.98. The van der Waals surface area contributed by atoms with Crippen molar-refractivity contribution in [3.8, 4) is 6.07 Å². The molecule has 2 aromatic carbocycles. The van der Waals surface area contributed by atoms with Crippen molar-refractivity contribution in [1.82, 2.24) is 10.2 Å². The first-order valence-electron chi connectivity index (χ1n) is 11.0. The number of hydrogen-bond donors (Lipinski definition) is 2. The molecule has 0 aromatic heterocycles. The highest BCUT2D eigenvalue weighted by Gasteiger charge is 2.35. The lowest BCUT2D eigenvalue weighted by Crippen LogP contribution is -2.53. The average molecular weight is 459 g/mol. The van der Waals surface area contributed by atoms with Gasteiger partial charge in [-0.05, 0) is 75.4 Å². The van der Waals surface area contributed by atoms with Crippen LogP contribution in [0.2, 0.25) is 0 Å². The molecule has 0 saturated heterocycles. The van der Waals surface area contributed by atoms with Crippen LogP contribution < -0.4 is 16.0 Å². The smallest absolute Gasteiger partial charge is 0.319 e. The van der Waals surface area contributed by atoms with Gasteiger partial charge in [0.2, 0.25) is 0 Å². The third kappa shape index (κ3) is 5.62. The second-order valence-corrected chi connectivity index (χ2v) is 9.16. The van der Waals surface area contributed by atoms with Crippen molar-refractivity contribution in [2.24, 2.45) is 10.7 Å². The minimum Gasteiger partial charge on any atom is -0.405 e. The van der Waals surface area contributed by atoms with E-state index in [9.17, 15) is 14.9 Å². The van der Waals surface area contributed by atoms with Gasteiger partial charge in [0, 0.05) is 23.0 Å². The van der Waals surface area contributed by atoms with Crippen LogP contribution in [0.5, 0.6) is 0 Å². The number of nitrogens with two attached hydrogens (primary N) is 1. The number of para-hydroxylation sites is 1. The largest absolute Gasteiger partial charge is 0.405 e. The summed E-state index contributed by atoms with van der Waals surface area (Å²) in [5.74, 6) is -0.235. The predicted molar refractivity (Wildman–Crippen MR) is 134 cm³/mol. The standard InChI is InChI=1S/C26H30N6O2/c1-18-14-20(29-13-7-12-27)10-11-22(18)24(33)32-17-21(15-28)31(25(34)30-26(2,3)4)16-19-8-5-6-9-23(19)32/h5-14,21H,16-17,27H2,1-4H3,(H,30,34)/t21-/m1/s1. The molecule has 3 amide bonds. The molecule has 176 valence electrons. The van der Waals surface area contributed by atoms with Gasteiger partial charge < -0.3 is 20.9 Å². The Labute approximate surface area is 200 Å². The average Bonchev–Trinajstić information content (AvgIpc) is 2.95. The maximum Gasteiger partial charge on any atom is 0.319 e. The number of fused-ring (bicyclic) bond motifs is 1. The van der Waals surface area contributed by atoms with Crippen LogP contribution in [0.3, 0.4) is 0 Å². The molecule has 0 fully saturated rings. The fourth-order valence-electron chi connectivity index (χ4n) is 3.77. The normalized spacial score (nSPS) is 16.3. The number of hydrogen-bond acceptors (Lipinski definition) is 5. The van der Waals surface area contributed by atoms with Crippen LogP contribution in [-0.4, -0.2) is 41.2 Å². The Bertz CT molecular complexity index is 1170. The van der Waals surface area contributed by atoms with Gasteiger partial charge in [0.05, 0.1) is 24.8 Å². The van der Waals surface area contributed by atoms with Crippen LogP contribution in [0.15, 0.2) is 59.7 Å². The summed E-state index contributed by atoms with van der Waals surface area (Å²) in [5, 5.41) is 12.9. The van der Waals surface area contributed by atoms with E-state index in [0.29, 0.717) is 16.9 Å². The lowest BCUT2D eigenvalue weighted by Gasteiger charge is -2.31. The number of nitrogens with one attached hydrogen (secondary N) is 1. The molecular weight excluding hydrogens is 428 g/mol. The van der Waals surface area contributed by atoms with Crippen molar-refractivity contribution in [3.05, 3.63) is 71.4 Å². The van der Waals surface area contributed by atoms with E-state index in [0.717, 1.165) is 11.1 Å². The number of anilines is 1. The van der Waals surface area contributed by atoms with Gasteiger partial charge >= 0.3 is 6.03 Å². The first-order chi connectivity index (χ1) is 16.1. The summed E-state index contributed by atoms with van der Waals surface area (Å²) in [7, 11) is 0. The summed E-state index contributed by atoms with van der Waals surface area (Å²) >= 11 is 0. The second-order valence-electron chi connectivity index (χ2n) is 9.16. The zero-order valence-electron chi connectivity index (χ0n) is 19.9. The van der Waals surface area contributed by atoms with Crippen LogP contribution in [0.25, 0.3) is 0 Å². The lowest BCUT2D eigenvalue weighted by molar-refractivity contribution is 0.0981. The van der Waals surface area contributed by atoms with Gasteiger partial charge in [-0.15, -0.1) is 0 Å². The predicted octanol–water partition coefficient (Wildman–Crippen LogP) is 4.03. The Hall–Kier alpha value is -4.12. The molecule has 8 heteroatoms. The summed E-state index contributed by atoms with van der Waals surface area (Å²) < 4.78 is 0. The number of allylic oxidation sites excluding steroid dienone is 1. The molecular formula is C26H30N6O2. The second kappa shape index (κ2) is 10.2. The van der Waals surface area contributed by atoms with Crippen LogP contribution >= 0.6 is 0 Å². The number of benzene rings is 2. The molecule has 0 saturated carbocycles. The van der Waals surface area contributed by atoms with E-state index in [1.807, 2.05) is 58.0 Å². The van der Waals surface area contributed by atoms with Gasteiger partial charge in [-0.2, -0.15) is 5.26 Å². The number of carbonyl (C=O) groups is 2. The minimum atomic E-state index is -0.814. The maximum absolute atomic E-state index is 13.7. The number of carbonyl (C=O) groups excluding carboxylic acids is 2. The SMILES string of the molecule is Cc1cc(N=CC=CN)ccc1C(=O)N1C[C@@H](C#N)N(C(=O)NC(C)(C)C)Cc2ccccc21. The number of aryl methyl sites for hydroxylation is 1. The number of aliphatic imine (C=N–C) groups is 1. The molecule has 34 heavy (non-hydrogen) atoms. The molecule has 0 radical (unpaired) electrons. The molecule has 8 nitrogen and oxygen atoms in total. The van der Waals surface area contributed by atoms with Crippen molar-refractivity contribution in [2.45, 2.75) is 45.8 Å². The van der Waals surface area contributed by atoms with Gasteiger partial charge in [-0.1, -0.05) is 18.2 Å². The molecule has 0 spiro atoms. The lowest BCUT2D eigenvalue weighted by atomic mass is 10.1.